The summed E-state index contributed by atoms with van der Waals surface area (Å²) < 4.78 is 4.59. The van der Waals surface area contributed by atoms with Gasteiger partial charge in [-0.1, -0.05) is 58.0 Å². The monoisotopic (exact) mass is 644 g/mol. The highest BCUT2D eigenvalue weighted by atomic mass is 16.5. The van der Waals surface area contributed by atoms with E-state index in [1.165, 1.54) is 20.1 Å². The van der Waals surface area contributed by atoms with Crippen LogP contribution in [0, 0.1) is 34.5 Å². The number of aliphatic hydroxyl groups is 1. The summed E-state index contributed by atoms with van der Waals surface area (Å²) in [6, 6.07) is 10.1. The minimum absolute atomic E-state index is 0.00263. The molecule has 0 radical (unpaired) electrons. The number of hydrogen-bond donors (Lipinski definition) is 2. The maximum atomic E-state index is 14.4. The van der Waals surface area contributed by atoms with Gasteiger partial charge in [0.25, 0.3) is 0 Å². The van der Waals surface area contributed by atoms with Gasteiger partial charge in [0.1, 0.15) is 23.2 Å². The van der Waals surface area contributed by atoms with E-state index < -0.39 is 75.0 Å². The number of methoxy groups -OCH3 is 1. The SMILES string of the molecule is COC(=O)CCC(=O)Cc1ccc(-c2ccc(O)c3c2C[C@]2(C)C[C@]4(C)C(C(C)C)C(=O)C(C(C)=O)C(=O)[C@]4(O)C(=O)C2C3=O)cc1. The van der Waals surface area contributed by atoms with E-state index in [0.717, 1.165) is 12.5 Å². The summed E-state index contributed by atoms with van der Waals surface area (Å²) in [6.45, 7) is 7.85. The number of phenolic OH excluding ortho intramolecular Hbond substituents is 1. The third kappa shape index (κ3) is 5.08. The average Bonchev–Trinajstić information content (AvgIpc) is 2.98. The lowest BCUT2D eigenvalue weighted by molar-refractivity contribution is -0.205. The molecule has 47 heavy (non-hydrogen) atoms. The number of carbonyl (C=O) groups excluding carboxylic acids is 7. The fraction of sp³-hybridized carbons (Fsp3) is 0.486. The molecule has 0 saturated heterocycles. The van der Waals surface area contributed by atoms with Crippen molar-refractivity contribution in [3.8, 4) is 16.9 Å². The van der Waals surface area contributed by atoms with Gasteiger partial charge in [-0.05, 0) is 59.4 Å². The lowest BCUT2D eigenvalue weighted by atomic mass is 9.40. The molecule has 2 aromatic carbocycles. The summed E-state index contributed by atoms with van der Waals surface area (Å²) in [5.74, 6) is -10.00. The van der Waals surface area contributed by atoms with Crippen molar-refractivity contribution >= 4 is 40.7 Å². The molecule has 5 rings (SSSR count). The molecule has 0 aromatic heterocycles. The maximum absolute atomic E-state index is 14.4. The predicted molar refractivity (Wildman–Crippen MR) is 168 cm³/mol. The lowest BCUT2D eigenvalue weighted by Gasteiger charge is -2.61. The Morgan fingerprint density at radius 1 is 0.957 bits per heavy atom. The number of hydrogen-bond acceptors (Lipinski definition) is 10. The molecular formula is C37H40O10. The Bertz CT molecular complexity index is 1740. The summed E-state index contributed by atoms with van der Waals surface area (Å²) in [6.07, 6.45) is 0.254. The van der Waals surface area contributed by atoms with Crippen LogP contribution < -0.4 is 0 Å². The van der Waals surface area contributed by atoms with Crippen LogP contribution in [-0.2, 0) is 46.3 Å². The van der Waals surface area contributed by atoms with Crippen molar-refractivity contribution in [2.75, 3.05) is 7.11 Å². The van der Waals surface area contributed by atoms with Crippen molar-refractivity contribution in [2.24, 2.45) is 34.5 Å². The van der Waals surface area contributed by atoms with Gasteiger partial charge in [-0.15, -0.1) is 0 Å². The Hall–Kier alpha value is -4.31. The molecule has 10 heteroatoms. The maximum Gasteiger partial charge on any atom is 0.305 e. The zero-order valence-electron chi connectivity index (χ0n) is 27.5. The molecule has 2 fully saturated rings. The zero-order valence-corrected chi connectivity index (χ0v) is 27.5. The van der Waals surface area contributed by atoms with Gasteiger partial charge in [0.2, 0.25) is 0 Å². The summed E-state index contributed by atoms with van der Waals surface area (Å²) in [4.78, 5) is 92.6. The number of aromatic hydroxyl groups is 1. The number of phenols is 1. The van der Waals surface area contributed by atoms with Crippen LogP contribution in [-0.4, -0.2) is 63.6 Å². The van der Waals surface area contributed by atoms with E-state index in [-0.39, 0.29) is 49.2 Å². The predicted octanol–water partition coefficient (Wildman–Crippen LogP) is 3.82. The molecule has 0 aliphatic heterocycles. The Labute approximate surface area is 272 Å². The van der Waals surface area contributed by atoms with Crippen molar-refractivity contribution < 1.29 is 48.5 Å². The Morgan fingerprint density at radius 2 is 1.60 bits per heavy atom. The number of fused-ring (bicyclic) bond motifs is 3. The van der Waals surface area contributed by atoms with Crippen molar-refractivity contribution in [3.63, 3.8) is 0 Å². The molecule has 0 spiro atoms. The number of Topliss-reactive ketones (excluding diaryl/α,β-unsaturated/α-hetero) is 6. The minimum atomic E-state index is -2.75. The van der Waals surface area contributed by atoms with Gasteiger partial charge in [0.05, 0.1) is 25.0 Å². The molecule has 0 bridgehead atoms. The van der Waals surface area contributed by atoms with E-state index in [1.54, 1.807) is 51.1 Å². The second-order valence-corrected chi connectivity index (χ2v) is 14.3. The smallest absolute Gasteiger partial charge is 0.305 e. The van der Waals surface area contributed by atoms with Crippen LogP contribution in [0.15, 0.2) is 36.4 Å². The van der Waals surface area contributed by atoms with Gasteiger partial charge >= 0.3 is 5.97 Å². The molecule has 3 unspecified atom stereocenters. The number of carbonyl (C=O) groups is 7. The van der Waals surface area contributed by atoms with Crippen LogP contribution in [0.5, 0.6) is 5.75 Å². The molecule has 0 heterocycles. The molecule has 2 saturated carbocycles. The standard InChI is InChI=1S/C37H40O10/c1-18(2)29-31(42)27(19(3)38)33(44)37(46)34(45)30-32(43)28-24(16-35(30,4)17-36(29,37)5)23(12-13-25(28)40)21-9-7-20(8-10-21)15-22(39)11-14-26(41)47-6/h7-10,12-13,18,27,29-30,40,46H,11,14-17H2,1-6H3/t27?,29?,30?,35-,36-,37+/m1/s1. The quantitative estimate of drug-likeness (QED) is 0.318. The Kier molecular flexibility index (Phi) is 8.50. The van der Waals surface area contributed by atoms with Crippen LogP contribution in [0.3, 0.4) is 0 Å². The average molecular weight is 645 g/mol. The largest absolute Gasteiger partial charge is 0.507 e. The highest BCUT2D eigenvalue weighted by Crippen LogP contribution is 2.64. The Balaban J connectivity index is 1.56. The van der Waals surface area contributed by atoms with E-state index in [0.29, 0.717) is 16.7 Å². The van der Waals surface area contributed by atoms with Crippen molar-refractivity contribution in [1.29, 1.82) is 0 Å². The molecule has 3 aliphatic rings. The number of ether oxygens (including phenoxy) is 1. The normalized spacial score (nSPS) is 30.0. The second-order valence-electron chi connectivity index (χ2n) is 14.3. The Morgan fingerprint density at radius 3 is 2.17 bits per heavy atom. The van der Waals surface area contributed by atoms with E-state index in [4.69, 9.17) is 0 Å². The van der Waals surface area contributed by atoms with Crippen LogP contribution in [0.2, 0.25) is 0 Å². The first-order valence-corrected chi connectivity index (χ1v) is 15.8. The molecule has 2 N–H and O–H groups in total. The second kappa shape index (κ2) is 11.7. The van der Waals surface area contributed by atoms with Gasteiger partial charge in [-0.25, -0.2) is 0 Å². The van der Waals surface area contributed by atoms with Gasteiger partial charge in [-0.2, -0.15) is 0 Å². The van der Waals surface area contributed by atoms with E-state index in [1.807, 2.05) is 0 Å². The summed E-state index contributed by atoms with van der Waals surface area (Å²) in [5, 5.41) is 23.1. The molecular weight excluding hydrogens is 604 g/mol. The number of rotatable bonds is 8. The van der Waals surface area contributed by atoms with Crippen molar-refractivity contribution in [3.05, 3.63) is 53.1 Å². The third-order valence-electron chi connectivity index (χ3n) is 10.8. The van der Waals surface area contributed by atoms with Crippen LogP contribution in [0.1, 0.15) is 75.4 Å². The molecule has 3 aliphatic carbocycles. The first-order chi connectivity index (χ1) is 21.9. The summed E-state index contributed by atoms with van der Waals surface area (Å²) in [7, 11) is 1.26. The highest BCUT2D eigenvalue weighted by Gasteiger charge is 2.76. The zero-order chi connectivity index (χ0) is 34.8. The van der Waals surface area contributed by atoms with Gasteiger partial charge in [0, 0.05) is 24.2 Å². The van der Waals surface area contributed by atoms with Gasteiger partial charge in [0.15, 0.2) is 28.7 Å². The van der Waals surface area contributed by atoms with Gasteiger partial charge < -0.3 is 14.9 Å². The molecule has 10 nitrogen and oxygen atoms in total. The number of ketones is 6. The van der Waals surface area contributed by atoms with E-state index in [9.17, 15) is 43.8 Å². The topological polar surface area (TPSA) is 169 Å². The number of benzene rings is 2. The van der Waals surface area contributed by atoms with Crippen molar-refractivity contribution in [2.45, 2.75) is 72.3 Å². The molecule has 0 amide bonds. The van der Waals surface area contributed by atoms with Crippen LogP contribution in [0.4, 0.5) is 0 Å². The fourth-order valence-corrected chi connectivity index (χ4v) is 8.87. The van der Waals surface area contributed by atoms with Gasteiger partial charge in [-0.3, -0.25) is 33.6 Å². The molecule has 6 atom stereocenters. The molecule has 248 valence electrons. The lowest BCUT2D eigenvalue weighted by Crippen LogP contribution is -2.76. The van der Waals surface area contributed by atoms with Crippen LogP contribution in [0.25, 0.3) is 11.1 Å². The first kappa shape index (κ1) is 34.0. The summed E-state index contributed by atoms with van der Waals surface area (Å²) >= 11 is 0. The fourth-order valence-electron chi connectivity index (χ4n) is 8.87. The summed E-state index contributed by atoms with van der Waals surface area (Å²) in [5.41, 5.74) is -3.03. The first-order valence-electron chi connectivity index (χ1n) is 15.8. The number of esters is 1. The van der Waals surface area contributed by atoms with E-state index >= 15 is 0 Å². The van der Waals surface area contributed by atoms with Crippen LogP contribution >= 0.6 is 0 Å². The van der Waals surface area contributed by atoms with E-state index in [2.05, 4.69) is 4.74 Å². The van der Waals surface area contributed by atoms with Crippen molar-refractivity contribution in [1.82, 2.24) is 0 Å². The third-order valence-corrected chi connectivity index (χ3v) is 10.8. The highest BCUT2D eigenvalue weighted by molar-refractivity contribution is 6.32. The minimum Gasteiger partial charge on any atom is -0.507 e. The molecule has 2 aromatic rings.